The van der Waals surface area contributed by atoms with Crippen LogP contribution >= 0.6 is 15.9 Å². The number of benzene rings is 1. The molecule has 1 aromatic heterocycles. The van der Waals surface area contributed by atoms with E-state index < -0.39 is 0 Å². The maximum absolute atomic E-state index is 5.42. The van der Waals surface area contributed by atoms with E-state index in [0.717, 1.165) is 45.9 Å². The summed E-state index contributed by atoms with van der Waals surface area (Å²) < 4.78 is 11.7. The molecule has 0 unspecified atom stereocenters. The average Bonchev–Trinajstić information content (AvgIpc) is 2.97. The van der Waals surface area contributed by atoms with Crippen molar-refractivity contribution in [2.75, 3.05) is 19.2 Å². The van der Waals surface area contributed by atoms with Gasteiger partial charge in [-0.1, -0.05) is 13.3 Å². The number of fused-ring (bicyclic) bond motifs is 1. The molecule has 0 atom stereocenters. The predicted molar refractivity (Wildman–Crippen MR) is 84.8 cm³/mol. The molecule has 0 saturated heterocycles. The van der Waals surface area contributed by atoms with Crippen molar-refractivity contribution < 1.29 is 9.47 Å². The molecule has 1 aromatic carbocycles. The van der Waals surface area contributed by atoms with Crippen molar-refractivity contribution in [2.45, 2.75) is 19.8 Å². The number of hydrogen-bond acceptors (Lipinski definition) is 5. The maximum atomic E-state index is 5.42. The zero-order valence-electron chi connectivity index (χ0n) is 11.9. The molecule has 2 heterocycles. The number of ether oxygens (including phenoxy) is 2. The summed E-state index contributed by atoms with van der Waals surface area (Å²) in [6, 6.07) is 5.76. The molecule has 6 heteroatoms. The van der Waals surface area contributed by atoms with E-state index in [9.17, 15) is 0 Å². The molecular formula is C15H16BrN3O2. The molecular weight excluding hydrogens is 334 g/mol. The largest absolute Gasteiger partial charge is 0.454 e. The van der Waals surface area contributed by atoms with Gasteiger partial charge in [-0.25, -0.2) is 9.97 Å². The van der Waals surface area contributed by atoms with Gasteiger partial charge in [0, 0.05) is 12.6 Å². The van der Waals surface area contributed by atoms with E-state index in [4.69, 9.17) is 9.47 Å². The summed E-state index contributed by atoms with van der Waals surface area (Å²) in [5.41, 5.74) is 1.92. The van der Waals surface area contributed by atoms with Crippen LogP contribution in [0, 0.1) is 0 Å². The van der Waals surface area contributed by atoms with E-state index in [1.807, 2.05) is 25.2 Å². The first-order valence-corrected chi connectivity index (χ1v) is 7.66. The lowest BCUT2D eigenvalue weighted by molar-refractivity contribution is 0.174. The third-order valence-corrected chi connectivity index (χ3v) is 4.11. The summed E-state index contributed by atoms with van der Waals surface area (Å²) >= 11 is 3.57. The van der Waals surface area contributed by atoms with E-state index >= 15 is 0 Å². The van der Waals surface area contributed by atoms with Crippen LogP contribution in [0.1, 0.15) is 19.0 Å². The standard InChI is InChI=1S/C15H16BrN3O2/c1-3-4-10-13(16)15(17-2)19-14(18-10)9-5-6-11-12(7-9)21-8-20-11/h5-7H,3-4,8H2,1-2H3,(H,17,18,19). The minimum Gasteiger partial charge on any atom is -0.454 e. The lowest BCUT2D eigenvalue weighted by Crippen LogP contribution is -2.03. The fourth-order valence-electron chi connectivity index (χ4n) is 2.23. The number of aryl methyl sites for hydroxylation is 1. The van der Waals surface area contributed by atoms with Gasteiger partial charge >= 0.3 is 0 Å². The van der Waals surface area contributed by atoms with E-state index in [-0.39, 0.29) is 6.79 Å². The number of hydrogen-bond donors (Lipinski definition) is 1. The monoisotopic (exact) mass is 349 g/mol. The molecule has 110 valence electrons. The fraction of sp³-hybridized carbons (Fsp3) is 0.333. The molecule has 21 heavy (non-hydrogen) atoms. The van der Waals surface area contributed by atoms with Crippen LogP contribution in [0.15, 0.2) is 22.7 Å². The number of halogens is 1. The molecule has 3 rings (SSSR count). The lowest BCUT2D eigenvalue weighted by atomic mass is 10.1. The third-order valence-electron chi connectivity index (χ3n) is 3.27. The fourth-order valence-corrected chi connectivity index (χ4v) is 2.80. The topological polar surface area (TPSA) is 56.3 Å². The minimum absolute atomic E-state index is 0.267. The molecule has 0 radical (unpaired) electrons. The highest BCUT2D eigenvalue weighted by Crippen LogP contribution is 2.36. The van der Waals surface area contributed by atoms with Crippen LogP contribution in [0.5, 0.6) is 11.5 Å². The van der Waals surface area contributed by atoms with Crippen molar-refractivity contribution in [2.24, 2.45) is 0 Å². The Morgan fingerprint density at radius 2 is 2.05 bits per heavy atom. The Hall–Kier alpha value is -1.82. The van der Waals surface area contributed by atoms with Crippen molar-refractivity contribution in [3.05, 3.63) is 28.4 Å². The number of rotatable bonds is 4. The Morgan fingerprint density at radius 1 is 1.24 bits per heavy atom. The molecule has 0 amide bonds. The Labute approximate surface area is 131 Å². The SMILES string of the molecule is CCCc1nc(-c2ccc3c(c2)OCO3)nc(NC)c1Br. The van der Waals surface area contributed by atoms with Crippen molar-refractivity contribution in [1.29, 1.82) is 0 Å². The zero-order valence-corrected chi connectivity index (χ0v) is 13.5. The molecule has 0 saturated carbocycles. The van der Waals surface area contributed by atoms with E-state index in [1.54, 1.807) is 0 Å². The molecule has 1 aliphatic heterocycles. The molecule has 1 N–H and O–H groups in total. The van der Waals surface area contributed by atoms with Gasteiger partial charge in [0.1, 0.15) is 5.82 Å². The highest BCUT2D eigenvalue weighted by molar-refractivity contribution is 9.10. The van der Waals surface area contributed by atoms with Crippen LogP contribution in [-0.2, 0) is 6.42 Å². The van der Waals surface area contributed by atoms with Crippen LogP contribution in [-0.4, -0.2) is 23.8 Å². The van der Waals surface area contributed by atoms with E-state index in [0.29, 0.717) is 5.82 Å². The summed E-state index contributed by atoms with van der Waals surface area (Å²) in [5, 5.41) is 3.10. The number of nitrogens with zero attached hydrogens (tertiary/aromatic N) is 2. The average molecular weight is 350 g/mol. The molecule has 0 spiro atoms. The van der Waals surface area contributed by atoms with Gasteiger partial charge in [0.15, 0.2) is 17.3 Å². The van der Waals surface area contributed by atoms with Crippen LogP contribution in [0.2, 0.25) is 0 Å². The Balaban J connectivity index is 2.07. The highest BCUT2D eigenvalue weighted by Gasteiger charge is 2.17. The number of nitrogens with one attached hydrogen (secondary N) is 1. The van der Waals surface area contributed by atoms with Gasteiger partial charge in [-0.15, -0.1) is 0 Å². The van der Waals surface area contributed by atoms with Gasteiger partial charge < -0.3 is 14.8 Å². The van der Waals surface area contributed by atoms with Crippen molar-refractivity contribution in [3.8, 4) is 22.9 Å². The zero-order chi connectivity index (χ0) is 14.8. The third kappa shape index (κ3) is 2.68. The molecule has 0 aliphatic carbocycles. The van der Waals surface area contributed by atoms with Crippen molar-refractivity contribution in [1.82, 2.24) is 9.97 Å². The van der Waals surface area contributed by atoms with Gasteiger partial charge in [0.05, 0.1) is 10.2 Å². The number of anilines is 1. The first kappa shape index (κ1) is 14.1. The van der Waals surface area contributed by atoms with Crippen LogP contribution in [0.4, 0.5) is 5.82 Å². The molecule has 0 bridgehead atoms. The summed E-state index contributed by atoms with van der Waals surface area (Å²) in [5.74, 6) is 2.98. The summed E-state index contributed by atoms with van der Waals surface area (Å²) in [6.07, 6.45) is 1.93. The Bertz CT molecular complexity index is 676. The van der Waals surface area contributed by atoms with Crippen molar-refractivity contribution >= 4 is 21.7 Å². The lowest BCUT2D eigenvalue weighted by Gasteiger charge is -2.11. The van der Waals surface area contributed by atoms with Crippen LogP contribution in [0.3, 0.4) is 0 Å². The second-order valence-electron chi connectivity index (χ2n) is 4.72. The highest BCUT2D eigenvalue weighted by atomic mass is 79.9. The summed E-state index contributed by atoms with van der Waals surface area (Å²) in [4.78, 5) is 9.24. The molecule has 2 aromatic rings. The van der Waals surface area contributed by atoms with Crippen LogP contribution < -0.4 is 14.8 Å². The predicted octanol–water partition coefficient (Wildman–Crippen LogP) is 3.63. The first-order valence-electron chi connectivity index (χ1n) is 6.87. The quantitative estimate of drug-likeness (QED) is 0.913. The van der Waals surface area contributed by atoms with Gasteiger partial charge in [-0.05, 0) is 40.5 Å². The van der Waals surface area contributed by atoms with Gasteiger partial charge in [0.25, 0.3) is 0 Å². The van der Waals surface area contributed by atoms with Gasteiger partial charge in [0.2, 0.25) is 6.79 Å². The minimum atomic E-state index is 0.267. The normalized spacial score (nSPS) is 12.5. The van der Waals surface area contributed by atoms with Crippen LogP contribution in [0.25, 0.3) is 11.4 Å². The number of aromatic nitrogens is 2. The second kappa shape index (κ2) is 5.89. The molecule has 1 aliphatic rings. The smallest absolute Gasteiger partial charge is 0.231 e. The summed E-state index contributed by atoms with van der Waals surface area (Å²) in [6.45, 7) is 2.40. The van der Waals surface area contributed by atoms with Gasteiger partial charge in [-0.2, -0.15) is 0 Å². The Kier molecular flexibility index (Phi) is 3.96. The van der Waals surface area contributed by atoms with Crippen molar-refractivity contribution in [3.63, 3.8) is 0 Å². The summed E-state index contributed by atoms with van der Waals surface area (Å²) in [7, 11) is 1.85. The van der Waals surface area contributed by atoms with Gasteiger partial charge in [-0.3, -0.25) is 0 Å². The molecule has 0 fully saturated rings. The molecule has 5 nitrogen and oxygen atoms in total. The second-order valence-corrected chi connectivity index (χ2v) is 5.52. The first-order chi connectivity index (χ1) is 10.2. The van der Waals surface area contributed by atoms with E-state index in [2.05, 4.69) is 38.1 Å². The maximum Gasteiger partial charge on any atom is 0.231 e. The van der Waals surface area contributed by atoms with E-state index in [1.165, 1.54) is 0 Å². The Morgan fingerprint density at radius 3 is 2.81 bits per heavy atom.